The first-order valence-corrected chi connectivity index (χ1v) is 9.48. The van der Waals surface area contributed by atoms with E-state index < -0.39 is 0 Å². The molecule has 0 amide bonds. The number of fused-ring (bicyclic) bond motifs is 1. The largest absolute Gasteiger partial charge is 0.497 e. The van der Waals surface area contributed by atoms with Crippen LogP contribution in [0.2, 0.25) is 0 Å². The summed E-state index contributed by atoms with van der Waals surface area (Å²) in [5.74, 6) is 0.832. The topological polar surface area (TPSA) is 54.7 Å². The molecule has 0 aliphatic carbocycles. The maximum atomic E-state index is 5.26. The second-order valence-electron chi connectivity index (χ2n) is 6.12. The number of rotatable bonds is 4. The van der Waals surface area contributed by atoms with E-state index in [2.05, 4.69) is 34.4 Å². The summed E-state index contributed by atoms with van der Waals surface area (Å²) in [7, 11) is 3.45. The fraction of sp³-hybridized carbons (Fsp3) is 0.143. The SMILES string of the molecule is CN=c1scc(-c2ccc(OC)cc2)n1N=Cc1c(C)[nH]c2ccccc12. The van der Waals surface area contributed by atoms with E-state index in [0.717, 1.165) is 44.0 Å². The number of aromatic nitrogens is 2. The lowest BCUT2D eigenvalue weighted by molar-refractivity contribution is 0.415. The Kier molecular flexibility index (Phi) is 4.64. The van der Waals surface area contributed by atoms with Crippen LogP contribution in [0.5, 0.6) is 5.75 Å². The second-order valence-corrected chi connectivity index (χ2v) is 6.96. The lowest BCUT2D eigenvalue weighted by atomic mass is 10.1. The zero-order valence-corrected chi connectivity index (χ0v) is 16.2. The molecule has 5 nitrogen and oxygen atoms in total. The molecule has 0 aliphatic heterocycles. The highest BCUT2D eigenvalue weighted by atomic mass is 32.1. The minimum absolute atomic E-state index is 0.832. The molecule has 1 N–H and O–H groups in total. The highest BCUT2D eigenvalue weighted by Gasteiger charge is 2.09. The number of ether oxygens (including phenoxy) is 1. The van der Waals surface area contributed by atoms with Crippen molar-refractivity contribution in [2.75, 3.05) is 14.2 Å². The Bertz CT molecular complexity index is 1180. The Labute approximate surface area is 161 Å². The van der Waals surface area contributed by atoms with Gasteiger partial charge in [0.25, 0.3) is 0 Å². The monoisotopic (exact) mass is 376 g/mol. The van der Waals surface area contributed by atoms with E-state index >= 15 is 0 Å². The predicted molar refractivity (Wildman–Crippen MR) is 112 cm³/mol. The normalized spacial score (nSPS) is 12.3. The van der Waals surface area contributed by atoms with Crippen LogP contribution >= 0.6 is 11.3 Å². The van der Waals surface area contributed by atoms with Crippen molar-refractivity contribution in [3.05, 3.63) is 70.0 Å². The zero-order chi connectivity index (χ0) is 18.8. The van der Waals surface area contributed by atoms with Crippen LogP contribution in [0.25, 0.3) is 22.2 Å². The van der Waals surface area contributed by atoms with Crippen LogP contribution in [0.15, 0.2) is 64.0 Å². The summed E-state index contributed by atoms with van der Waals surface area (Å²) in [6.45, 7) is 2.06. The second kappa shape index (κ2) is 7.25. The predicted octanol–water partition coefficient (Wildman–Crippen LogP) is 4.43. The average molecular weight is 376 g/mol. The fourth-order valence-electron chi connectivity index (χ4n) is 3.10. The molecule has 0 bridgehead atoms. The van der Waals surface area contributed by atoms with Crippen molar-refractivity contribution >= 4 is 28.5 Å². The molecule has 0 aliphatic rings. The van der Waals surface area contributed by atoms with E-state index in [1.807, 2.05) is 47.3 Å². The molecule has 0 radical (unpaired) electrons. The third kappa shape index (κ3) is 3.19. The van der Waals surface area contributed by atoms with Gasteiger partial charge in [-0.25, -0.2) is 4.68 Å². The molecular weight excluding hydrogens is 356 g/mol. The maximum absolute atomic E-state index is 5.26. The Hall–Kier alpha value is -3.12. The lowest BCUT2D eigenvalue weighted by Gasteiger charge is -2.05. The minimum Gasteiger partial charge on any atom is -0.497 e. The van der Waals surface area contributed by atoms with Gasteiger partial charge in [0.2, 0.25) is 4.80 Å². The van der Waals surface area contributed by atoms with Crippen molar-refractivity contribution in [3.8, 4) is 17.0 Å². The average Bonchev–Trinajstić information content (AvgIpc) is 3.26. The number of thiazole rings is 1. The van der Waals surface area contributed by atoms with Crippen LogP contribution in [0.3, 0.4) is 0 Å². The summed E-state index contributed by atoms with van der Waals surface area (Å²) in [5, 5.41) is 8.00. The van der Waals surface area contributed by atoms with Crippen LogP contribution < -0.4 is 9.54 Å². The van der Waals surface area contributed by atoms with Crippen molar-refractivity contribution in [1.29, 1.82) is 0 Å². The van der Waals surface area contributed by atoms with Crippen molar-refractivity contribution in [1.82, 2.24) is 9.66 Å². The quantitative estimate of drug-likeness (QED) is 0.527. The van der Waals surface area contributed by atoms with Crippen molar-refractivity contribution in [2.24, 2.45) is 10.1 Å². The maximum Gasteiger partial charge on any atom is 0.205 e. The van der Waals surface area contributed by atoms with Gasteiger partial charge >= 0.3 is 0 Å². The summed E-state index contributed by atoms with van der Waals surface area (Å²) in [5.41, 5.74) is 5.36. The third-order valence-electron chi connectivity index (χ3n) is 4.51. The first-order valence-electron chi connectivity index (χ1n) is 8.60. The van der Waals surface area contributed by atoms with Gasteiger partial charge in [-0.1, -0.05) is 18.2 Å². The molecular formula is C21H20N4OS. The molecule has 27 heavy (non-hydrogen) atoms. The molecule has 2 aromatic heterocycles. The number of hydrogen-bond acceptors (Lipinski definition) is 4. The number of nitrogens with zero attached hydrogens (tertiary/aromatic N) is 3. The molecule has 2 heterocycles. The Morgan fingerprint density at radius 2 is 1.89 bits per heavy atom. The molecule has 4 rings (SSSR count). The molecule has 6 heteroatoms. The number of para-hydroxylation sites is 1. The highest BCUT2D eigenvalue weighted by Crippen LogP contribution is 2.24. The van der Waals surface area contributed by atoms with E-state index in [-0.39, 0.29) is 0 Å². The summed E-state index contributed by atoms with van der Waals surface area (Å²) in [4.78, 5) is 8.62. The van der Waals surface area contributed by atoms with Gasteiger partial charge in [0.15, 0.2) is 0 Å². The number of benzene rings is 2. The van der Waals surface area contributed by atoms with Crippen molar-refractivity contribution in [3.63, 3.8) is 0 Å². The molecule has 0 saturated heterocycles. The van der Waals surface area contributed by atoms with Gasteiger partial charge in [-0.3, -0.25) is 4.99 Å². The lowest BCUT2D eigenvalue weighted by Crippen LogP contribution is -2.11. The van der Waals surface area contributed by atoms with E-state index in [9.17, 15) is 0 Å². The van der Waals surface area contributed by atoms with E-state index in [1.165, 1.54) is 0 Å². The van der Waals surface area contributed by atoms with Gasteiger partial charge in [0, 0.05) is 40.2 Å². The number of aryl methyl sites for hydroxylation is 1. The first kappa shape index (κ1) is 17.3. The van der Waals surface area contributed by atoms with Gasteiger partial charge in [-0.15, -0.1) is 11.3 Å². The standard InChI is InChI=1S/C21H20N4OS/c1-14-18(17-6-4-5-7-19(17)24-14)12-23-25-20(13-27-21(25)22-2)15-8-10-16(26-3)11-9-15/h4-13,24H,1-3H3. The summed E-state index contributed by atoms with van der Waals surface area (Å²) in [6, 6.07) is 16.2. The number of methoxy groups -OCH3 is 1. The Balaban J connectivity index is 1.80. The number of H-pyrrole nitrogens is 1. The van der Waals surface area contributed by atoms with Gasteiger partial charge in [-0.2, -0.15) is 5.10 Å². The Morgan fingerprint density at radius 3 is 2.63 bits per heavy atom. The first-order chi connectivity index (χ1) is 13.2. The van der Waals surface area contributed by atoms with Gasteiger partial charge in [0.05, 0.1) is 19.0 Å². The summed E-state index contributed by atoms with van der Waals surface area (Å²) in [6.07, 6.45) is 1.91. The third-order valence-corrected chi connectivity index (χ3v) is 5.42. The number of aromatic amines is 1. The van der Waals surface area contributed by atoms with Crippen molar-refractivity contribution in [2.45, 2.75) is 6.92 Å². The molecule has 0 fully saturated rings. The molecule has 0 unspecified atom stereocenters. The zero-order valence-electron chi connectivity index (χ0n) is 15.4. The number of nitrogens with one attached hydrogen (secondary N) is 1. The highest BCUT2D eigenvalue weighted by molar-refractivity contribution is 7.07. The molecule has 136 valence electrons. The van der Waals surface area contributed by atoms with Crippen LogP contribution in [0, 0.1) is 6.92 Å². The van der Waals surface area contributed by atoms with E-state index in [4.69, 9.17) is 9.84 Å². The smallest absolute Gasteiger partial charge is 0.205 e. The van der Waals surface area contributed by atoms with Gasteiger partial charge in [0.1, 0.15) is 5.75 Å². The summed E-state index contributed by atoms with van der Waals surface area (Å²) < 4.78 is 7.14. The van der Waals surface area contributed by atoms with Crippen LogP contribution in [0.1, 0.15) is 11.3 Å². The van der Waals surface area contributed by atoms with E-state index in [1.54, 1.807) is 25.5 Å². The van der Waals surface area contributed by atoms with Crippen molar-refractivity contribution < 1.29 is 4.74 Å². The van der Waals surface area contributed by atoms with Crippen LogP contribution in [0.4, 0.5) is 0 Å². The van der Waals surface area contributed by atoms with Gasteiger partial charge in [-0.05, 0) is 37.3 Å². The van der Waals surface area contributed by atoms with Gasteiger partial charge < -0.3 is 9.72 Å². The number of hydrogen-bond donors (Lipinski definition) is 1. The minimum atomic E-state index is 0.832. The Morgan fingerprint density at radius 1 is 1.11 bits per heavy atom. The fourth-order valence-corrected chi connectivity index (χ4v) is 3.91. The van der Waals surface area contributed by atoms with Crippen LogP contribution in [-0.4, -0.2) is 30.0 Å². The molecule has 2 aromatic carbocycles. The summed E-state index contributed by atoms with van der Waals surface area (Å²) >= 11 is 1.57. The molecule has 4 aromatic rings. The van der Waals surface area contributed by atoms with Crippen LogP contribution in [-0.2, 0) is 0 Å². The molecule has 0 saturated carbocycles. The molecule has 0 atom stereocenters. The molecule has 0 spiro atoms. The van der Waals surface area contributed by atoms with E-state index in [0.29, 0.717) is 0 Å².